The lowest BCUT2D eigenvalue weighted by molar-refractivity contribution is 0.0942. The van der Waals surface area contributed by atoms with Crippen LogP contribution in [0.5, 0.6) is 0 Å². The molecule has 0 aliphatic rings. The molecule has 0 spiro atoms. The standard InChI is InChI=1S/C23H23ClFN3O3S/c1-28(2)22(16-6-4-3-5-7-16)15-26-23(29)17-8-13-20(24)21(14-17)27-32(30,31)19-11-9-18(25)10-12-19/h3-14,22,27H,15H2,1-2H3,(H,26,29). The first-order valence-corrected chi connectivity index (χ1v) is 11.6. The first-order valence-electron chi connectivity index (χ1n) is 9.75. The van der Waals surface area contributed by atoms with Gasteiger partial charge in [-0.25, -0.2) is 12.8 Å². The number of sulfonamides is 1. The number of benzene rings is 3. The zero-order valence-corrected chi connectivity index (χ0v) is 19.1. The van der Waals surface area contributed by atoms with Gasteiger partial charge in [0.2, 0.25) is 0 Å². The van der Waals surface area contributed by atoms with Crippen molar-refractivity contribution in [3.63, 3.8) is 0 Å². The van der Waals surface area contributed by atoms with Crippen molar-refractivity contribution in [1.29, 1.82) is 0 Å². The zero-order valence-electron chi connectivity index (χ0n) is 17.5. The molecule has 3 rings (SSSR count). The van der Waals surface area contributed by atoms with E-state index in [1.807, 2.05) is 49.3 Å². The van der Waals surface area contributed by atoms with Crippen molar-refractivity contribution in [1.82, 2.24) is 10.2 Å². The van der Waals surface area contributed by atoms with E-state index in [0.717, 1.165) is 29.8 Å². The monoisotopic (exact) mass is 475 g/mol. The first-order chi connectivity index (χ1) is 15.2. The molecular formula is C23H23ClFN3O3S. The van der Waals surface area contributed by atoms with Crippen LogP contribution < -0.4 is 10.0 Å². The summed E-state index contributed by atoms with van der Waals surface area (Å²) in [5.74, 6) is -0.918. The molecule has 0 fully saturated rings. The summed E-state index contributed by atoms with van der Waals surface area (Å²) in [6.45, 7) is 0.356. The SMILES string of the molecule is CN(C)C(CNC(=O)c1ccc(Cl)c(NS(=O)(=O)c2ccc(F)cc2)c1)c1ccccc1. The van der Waals surface area contributed by atoms with Crippen molar-refractivity contribution < 1.29 is 17.6 Å². The van der Waals surface area contributed by atoms with E-state index in [0.29, 0.717) is 6.54 Å². The number of hydrogen-bond donors (Lipinski definition) is 2. The predicted octanol–water partition coefficient (Wildman–Crippen LogP) is 4.31. The number of amides is 1. The van der Waals surface area contributed by atoms with Crippen molar-refractivity contribution >= 4 is 33.2 Å². The highest BCUT2D eigenvalue weighted by Crippen LogP contribution is 2.26. The number of rotatable bonds is 8. The van der Waals surface area contributed by atoms with Crippen molar-refractivity contribution in [3.8, 4) is 0 Å². The molecule has 0 aromatic heterocycles. The van der Waals surface area contributed by atoms with Gasteiger partial charge in [-0.3, -0.25) is 9.52 Å². The van der Waals surface area contributed by atoms with Crippen molar-refractivity contribution in [3.05, 3.63) is 94.8 Å². The van der Waals surface area contributed by atoms with Gasteiger partial charge in [0.05, 0.1) is 21.6 Å². The number of nitrogens with zero attached hydrogens (tertiary/aromatic N) is 1. The number of likely N-dealkylation sites (N-methyl/N-ethyl adjacent to an activating group) is 1. The lowest BCUT2D eigenvalue weighted by Gasteiger charge is -2.25. The third-order valence-electron chi connectivity index (χ3n) is 4.86. The summed E-state index contributed by atoms with van der Waals surface area (Å²) in [4.78, 5) is 14.6. The molecule has 9 heteroatoms. The summed E-state index contributed by atoms with van der Waals surface area (Å²) in [6, 6.07) is 18.5. The topological polar surface area (TPSA) is 78.5 Å². The van der Waals surface area contributed by atoms with E-state index in [1.165, 1.54) is 18.2 Å². The van der Waals surface area contributed by atoms with Gasteiger partial charge in [-0.2, -0.15) is 0 Å². The summed E-state index contributed by atoms with van der Waals surface area (Å²) < 4.78 is 40.7. The summed E-state index contributed by atoms with van der Waals surface area (Å²) in [7, 11) is -0.157. The fourth-order valence-electron chi connectivity index (χ4n) is 3.13. The Hall–Kier alpha value is -2.94. The molecule has 0 aliphatic heterocycles. The van der Waals surface area contributed by atoms with Gasteiger partial charge in [0.1, 0.15) is 5.82 Å². The second-order valence-electron chi connectivity index (χ2n) is 7.35. The van der Waals surface area contributed by atoms with Crippen LogP contribution in [0, 0.1) is 5.82 Å². The van der Waals surface area contributed by atoms with Crippen LogP contribution in [-0.4, -0.2) is 39.9 Å². The Morgan fingerprint density at radius 1 is 1.03 bits per heavy atom. The lowest BCUT2D eigenvalue weighted by atomic mass is 10.1. The smallest absolute Gasteiger partial charge is 0.261 e. The zero-order chi connectivity index (χ0) is 23.3. The number of carbonyl (C=O) groups excluding carboxylic acids is 1. The van der Waals surface area contributed by atoms with Gasteiger partial charge < -0.3 is 10.2 Å². The molecule has 3 aromatic rings. The van der Waals surface area contributed by atoms with E-state index in [4.69, 9.17) is 11.6 Å². The highest BCUT2D eigenvalue weighted by Gasteiger charge is 2.19. The molecule has 6 nitrogen and oxygen atoms in total. The van der Waals surface area contributed by atoms with E-state index in [9.17, 15) is 17.6 Å². The van der Waals surface area contributed by atoms with Gasteiger partial charge in [0.25, 0.3) is 15.9 Å². The Morgan fingerprint density at radius 2 is 1.69 bits per heavy atom. The average molecular weight is 476 g/mol. The van der Waals surface area contributed by atoms with Crippen LogP contribution in [0.3, 0.4) is 0 Å². The van der Waals surface area contributed by atoms with E-state index in [1.54, 1.807) is 0 Å². The Morgan fingerprint density at radius 3 is 2.31 bits per heavy atom. The Balaban J connectivity index is 1.76. The van der Waals surface area contributed by atoms with Gasteiger partial charge in [-0.1, -0.05) is 41.9 Å². The fourth-order valence-corrected chi connectivity index (χ4v) is 4.42. The summed E-state index contributed by atoms with van der Waals surface area (Å²) in [6.07, 6.45) is 0. The minimum atomic E-state index is -4.01. The first kappa shape index (κ1) is 23.7. The van der Waals surface area contributed by atoms with Crippen LogP contribution >= 0.6 is 11.6 Å². The average Bonchev–Trinajstić information content (AvgIpc) is 2.76. The van der Waals surface area contributed by atoms with Crippen LogP contribution in [-0.2, 0) is 10.0 Å². The van der Waals surface area contributed by atoms with Crippen LogP contribution in [0.25, 0.3) is 0 Å². The van der Waals surface area contributed by atoms with Gasteiger partial charge in [0, 0.05) is 12.1 Å². The highest BCUT2D eigenvalue weighted by molar-refractivity contribution is 7.92. The predicted molar refractivity (Wildman–Crippen MR) is 124 cm³/mol. The molecule has 1 atom stereocenters. The third-order valence-corrected chi connectivity index (χ3v) is 6.57. The van der Waals surface area contributed by atoms with E-state index in [2.05, 4.69) is 10.0 Å². The molecule has 0 saturated heterocycles. The Kier molecular flexibility index (Phi) is 7.50. The number of hydrogen-bond acceptors (Lipinski definition) is 4. The third kappa shape index (κ3) is 5.85. The van der Waals surface area contributed by atoms with E-state index in [-0.39, 0.29) is 33.1 Å². The maximum Gasteiger partial charge on any atom is 0.261 e. The van der Waals surface area contributed by atoms with Crippen LogP contribution in [0.2, 0.25) is 5.02 Å². The largest absolute Gasteiger partial charge is 0.350 e. The molecule has 2 N–H and O–H groups in total. The molecular weight excluding hydrogens is 453 g/mol. The number of carbonyl (C=O) groups is 1. The second-order valence-corrected chi connectivity index (χ2v) is 9.44. The fraction of sp³-hybridized carbons (Fsp3) is 0.174. The van der Waals surface area contributed by atoms with Crippen molar-refractivity contribution in [2.75, 3.05) is 25.4 Å². The van der Waals surface area contributed by atoms with Gasteiger partial charge in [-0.05, 0) is 62.1 Å². The van der Waals surface area contributed by atoms with E-state index < -0.39 is 15.8 Å². The summed E-state index contributed by atoms with van der Waals surface area (Å²) in [5, 5.41) is 3.01. The normalized spacial score (nSPS) is 12.4. The minimum absolute atomic E-state index is 0.0381. The summed E-state index contributed by atoms with van der Waals surface area (Å²) >= 11 is 6.14. The summed E-state index contributed by atoms with van der Waals surface area (Å²) in [5.41, 5.74) is 1.36. The Bertz CT molecular complexity index is 1190. The molecule has 1 unspecified atom stereocenters. The molecule has 0 radical (unpaired) electrons. The van der Waals surface area contributed by atoms with Crippen LogP contribution in [0.1, 0.15) is 22.0 Å². The molecule has 0 saturated carbocycles. The van der Waals surface area contributed by atoms with Crippen molar-refractivity contribution in [2.45, 2.75) is 10.9 Å². The Labute approximate surface area is 192 Å². The van der Waals surface area contributed by atoms with Gasteiger partial charge in [0.15, 0.2) is 0 Å². The van der Waals surface area contributed by atoms with Crippen LogP contribution in [0.15, 0.2) is 77.7 Å². The van der Waals surface area contributed by atoms with Gasteiger partial charge in [-0.15, -0.1) is 0 Å². The highest BCUT2D eigenvalue weighted by atomic mass is 35.5. The maximum absolute atomic E-state index is 13.1. The van der Waals surface area contributed by atoms with Crippen LogP contribution in [0.4, 0.5) is 10.1 Å². The van der Waals surface area contributed by atoms with Gasteiger partial charge >= 0.3 is 0 Å². The minimum Gasteiger partial charge on any atom is -0.350 e. The molecule has 1 amide bonds. The van der Waals surface area contributed by atoms with Crippen molar-refractivity contribution in [2.24, 2.45) is 0 Å². The number of nitrogens with one attached hydrogen (secondary N) is 2. The number of halogens is 2. The van der Waals surface area contributed by atoms with E-state index >= 15 is 0 Å². The number of anilines is 1. The molecule has 3 aromatic carbocycles. The molecule has 0 heterocycles. The lowest BCUT2D eigenvalue weighted by Crippen LogP contribution is -2.34. The molecule has 32 heavy (non-hydrogen) atoms. The molecule has 0 bridgehead atoms. The molecule has 0 aliphatic carbocycles. The second kappa shape index (κ2) is 10.1. The molecule has 168 valence electrons. The maximum atomic E-state index is 13.1. The quantitative estimate of drug-likeness (QED) is 0.508.